The van der Waals surface area contributed by atoms with Gasteiger partial charge in [-0.1, -0.05) is 51.8 Å². The van der Waals surface area contributed by atoms with E-state index in [0.29, 0.717) is 15.6 Å². The van der Waals surface area contributed by atoms with Crippen LogP contribution in [0, 0.1) is 5.82 Å². The van der Waals surface area contributed by atoms with Gasteiger partial charge in [-0.05, 0) is 23.8 Å². The number of nitrogens with one attached hydrogen (secondary N) is 1. The number of aromatic nitrogens is 1. The van der Waals surface area contributed by atoms with E-state index in [2.05, 4.69) is 37.2 Å². The highest BCUT2D eigenvalue weighted by molar-refractivity contribution is 9.10. The molecule has 2 aromatic rings. The number of hydrogen-bond donors (Lipinski definition) is 1. The van der Waals surface area contributed by atoms with Crippen LogP contribution in [0.2, 0.25) is 0 Å². The van der Waals surface area contributed by atoms with E-state index in [0.717, 1.165) is 22.0 Å². The molecule has 1 aliphatic heterocycles. The highest BCUT2D eigenvalue weighted by atomic mass is 79.9. The highest BCUT2D eigenvalue weighted by Gasteiger charge is 2.29. The van der Waals surface area contributed by atoms with E-state index in [1.54, 1.807) is 6.07 Å². The highest BCUT2D eigenvalue weighted by Crippen LogP contribution is 2.33. The van der Waals surface area contributed by atoms with Gasteiger partial charge in [0.1, 0.15) is 5.82 Å². The van der Waals surface area contributed by atoms with Crippen molar-refractivity contribution in [3.8, 4) is 0 Å². The number of carbonyl (C=O) groups excluding carboxylic acids is 1. The van der Waals surface area contributed by atoms with E-state index in [9.17, 15) is 9.18 Å². The third-order valence-electron chi connectivity index (χ3n) is 4.55. The van der Waals surface area contributed by atoms with Crippen LogP contribution >= 0.6 is 43.2 Å². The number of halogens is 3. The van der Waals surface area contributed by atoms with E-state index in [1.807, 2.05) is 25.3 Å². The number of rotatable bonds is 6. The second kappa shape index (κ2) is 9.06. The Morgan fingerprint density at radius 1 is 1.41 bits per heavy atom. The minimum absolute atomic E-state index is 0.240. The number of amidine groups is 1. The lowest BCUT2D eigenvalue weighted by atomic mass is 9.86. The third-order valence-corrected chi connectivity index (χ3v) is 6.69. The quantitative estimate of drug-likeness (QED) is 0.398. The summed E-state index contributed by atoms with van der Waals surface area (Å²) in [5.74, 6) is 0.0672. The molecule has 0 radical (unpaired) electrons. The maximum absolute atomic E-state index is 13.5. The molecule has 9 heteroatoms. The molecule has 0 saturated heterocycles. The summed E-state index contributed by atoms with van der Waals surface area (Å²) in [6.45, 7) is 3.92. The molecule has 0 amide bonds. The Morgan fingerprint density at radius 2 is 2.17 bits per heavy atom. The van der Waals surface area contributed by atoms with Crippen molar-refractivity contribution < 1.29 is 13.9 Å². The first-order valence-electron chi connectivity index (χ1n) is 8.83. The number of aliphatic imine (C=N–C) groups is 1. The summed E-state index contributed by atoms with van der Waals surface area (Å²) in [6.07, 6.45) is 2.23. The predicted octanol–water partition coefficient (Wildman–Crippen LogP) is 5.26. The summed E-state index contributed by atoms with van der Waals surface area (Å²) in [5.41, 5.74) is 2.17. The molecule has 3 rings (SSSR count). The molecule has 1 aliphatic rings. The van der Waals surface area contributed by atoms with Crippen LogP contribution in [0.1, 0.15) is 42.6 Å². The van der Waals surface area contributed by atoms with Gasteiger partial charge in [0, 0.05) is 26.3 Å². The number of benzene rings is 1. The molecule has 1 aromatic heterocycles. The van der Waals surface area contributed by atoms with Gasteiger partial charge in [0.25, 0.3) is 0 Å². The lowest BCUT2D eigenvalue weighted by Crippen LogP contribution is -2.29. The summed E-state index contributed by atoms with van der Waals surface area (Å²) in [5, 5.41) is 6.59. The second-order valence-electron chi connectivity index (χ2n) is 7.21. The maximum atomic E-state index is 13.5. The fourth-order valence-corrected chi connectivity index (χ4v) is 4.77. The monoisotopic (exact) mass is 543 g/mol. The van der Waals surface area contributed by atoms with Gasteiger partial charge in [0.05, 0.1) is 25.3 Å². The predicted molar refractivity (Wildman–Crippen MR) is 120 cm³/mol. The number of nitrogens with zero attached hydrogens (tertiary/aromatic N) is 2. The number of hydrogen-bond acceptors (Lipinski definition) is 6. The molecule has 0 saturated carbocycles. The Balaban J connectivity index is 1.93. The molecular formula is C20H20Br2FN3O2S. The molecule has 5 nitrogen and oxygen atoms in total. The molecule has 0 aliphatic carbocycles. The number of carbonyl (C=O) groups is 1. The molecule has 1 unspecified atom stereocenters. The van der Waals surface area contributed by atoms with Crippen LogP contribution in [0.15, 0.2) is 44.8 Å². The molecule has 0 bridgehead atoms. The van der Waals surface area contributed by atoms with Crippen molar-refractivity contribution in [3.63, 3.8) is 0 Å². The SMILES string of the molecule is COC(=O)CC(C)(C)c1csc(C2=NC(c3ccc(F)cc3Br)C=C(CBr)N2)n1. The fraction of sp³-hybridized carbons (Fsp3) is 0.350. The van der Waals surface area contributed by atoms with Crippen LogP contribution in [0.5, 0.6) is 0 Å². The lowest BCUT2D eigenvalue weighted by Gasteiger charge is -2.22. The Morgan fingerprint density at radius 3 is 2.83 bits per heavy atom. The first-order chi connectivity index (χ1) is 13.7. The van der Waals surface area contributed by atoms with Crippen molar-refractivity contribution in [2.75, 3.05) is 12.4 Å². The zero-order valence-electron chi connectivity index (χ0n) is 16.1. The van der Waals surface area contributed by atoms with Gasteiger partial charge in [0.15, 0.2) is 10.8 Å². The maximum Gasteiger partial charge on any atom is 0.306 e. The van der Waals surface area contributed by atoms with Crippen molar-refractivity contribution in [2.24, 2.45) is 4.99 Å². The minimum atomic E-state index is -0.454. The molecule has 29 heavy (non-hydrogen) atoms. The molecule has 0 spiro atoms. The van der Waals surface area contributed by atoms with E-state index in [-0.39, 0.29) is 24.2 Å². The summed E-state index contributed by atoms with van der Waals surface area (Å²) in [6, 6.07) is 4.32. The molecular weight excluding hydrogens is 525 g/mol. The number of allylic oxidation sites excluding steroid dienone is 1. The molecule has 0 fully saturated rings. The Bertz CT molecular complexity index is 988. The van der Waals surface area contributed by atoms with Crippen molar-refractivity contribution in [1.82, 2.24) is 10.3 Å². The fourth-order valence-electron chi connectivity index (χ4n) is 2.90. The number of methoxy groups -OCH3 is 1. The van der Waals surface area contributed by atoms with Crippen molar-refractivity contribution >= 4 is 55.0 Å². The van der Waals surface area contributed by atoms with Gasteiger partial charge in [-0.15, -0.1) is 11.3 Å². The van der Waals surface area contributed by atoms with Crippen molar-refractivity contribution in [3.05, 3.63) is 61.9 Å². The largest absolute Gasteiger partial charge is 0.469 e. The number of alkyl halides is 1. The van der Waals surface area contributed by atoms with Crippen molar-refractivity contribution in [2.45, 2.75) is 31.7 Å². The van der Waals surface area contributed by atoms with Crippen LogP contribution in [0.3, 0.4) is 0 Å². The second-order valence-corrected chi connectivity index (χ2v) is 9.49. The number of esters is 1. The normalized spacial score (nSPS) is 16.7. The Hall–Kier alpha value is -1.58. The molecule has 1 aromatic carbocycles. The smallest absolute Gasteiger partial charge is 0.306 e. The third kappa shape index (κ3) is 5.13. The van der Waals surface area contributed by atoms with Crippen LogP contribution in [-0.4, -0.2) is 29.2 Å². The number of thiazole rings is 1. The van der Waals surface area contributed by atoms with Crippen LogP contribution in [0.25, 0.3) is 0 Å². The molecule has 154 valence electrons. The van der Waals surface area contributed by atoms with Gasteiger partial charge >= 0.3 is 5.97 Å². The minimum Gasteiger partial charge on any atom is -0.469 e. The summed E-state index contributed by atoms with van der Waals surface area (Å²) < 4.78 is 18.9. The lowest BCUT2D eigenvalue weighted by molar-refractivity contribution is -0.141. The number of ether oxygens (including phenoxy) is 1. The zero-order valence-corrected chi connectivity index (χ0v) is 20.1. The first-order valence-corrected chi connectivity index (χ1v) is 11.6. The van der Waals surface area contributed by atoms with Crippen LogP contribution in [0.4, 0.5) is 4.39 Å². The van der Waals surface area contributed by atoms with E-state index in [1.165, 1.54) is 30.6 Å². The van der Waals surface area contributed by atoms with E-state index in [4.69, 9.17) is 14.7 Å². The first kappa shape index (κ1) is 22.1. The average molecular weight is 545 g/mol. The van der Waals surface area contributed by atoms with Crippen LogP contribution < -0.4 is 5.32 Å². The van der Waals surface area contributed by atoms with Gasteiger partial charge in [-0.25, -0.2) is 9.37 Å². The Labute approximate surface area is 189 Å². The van der Waals surface area contributed by atoms with Gasteiger partial charge in [-0.2, -0.15) is 0 Å². The average Bonchev–Trinajstić information content (AvgIpc) is 3.18. The zero-order chi connectivity index (χ0) is 21.2. The van der Waals surface area contributed by atoms with E-state index < -0.39 is 5.41 Å². The van der Waals surface area contributed by atoms with Gasteiger partial charge < -0.3 is 10.1 Å². The van der Waals surface area contributed by atoms with Gasteiger partial charge in [0.2, 0.25) is 0 Å². The topological polar surface area (TPSA) is 63.6 Å². The summed E-state index contributed by atoms with van der Waals surface area (Å²) in [7, 11) is 1.38. The van der Waals surface area contributed by atoms with Crippen molar-refractivity contribution in [1.29, 1.82) is 0 Å². The Kier molecular flexibility index (Phi) is 6.90. The molecule has 1 N–H and O–H groups in total. The summed E-state index contributed by atoms with van der Waals surface area (Å²) >= 11 is 8.38. The molecule has 1 atom stereocenters. The van der Waals surface area contributed by atoms with E-state index >= 15 is 0 Å². The molecule has 2 heterocycles. The van der Waals surface area contributed by atoms with Gasteiger partial charge in [-0.3, -0.25) is 9.79 Å². The van der Waals surface area contributed by atoms with Crippen LogP contribution in [-0.2, 0) is 14.9 Å². The standard InChI is InChI=1S/C20H20Br2FN3O2S/c1-20(2,8-17(27)28-3)16-10-29-19(26-16)18-24-12(9-21)7-15(25-18)13-5-4-11(23)6-14(13)22/h4-7,10,15H,8-9H2,1-3H3,(H,24,25). The summed E-state index contributed by atoms with van der Waals surface area (Å²) in [4.78, 5) is 21.2.